The molecule has 1 unspecified atom stereocenters. The number of nitrogens with one attached hydrogen (secondary N) is 1. The predicted molar refractivity (Wildman–Crippen MR) is 77.2 cm³/mol. The molecule has 1 fully saturated rings. The lowest BCUT2D eigenvalue weighted by atomic mass is 10.0. The van der Waals surface area contributed by atoms with Gasteiger partial charge in [0.1, 0.15) is 0 Å². The van der Waals surface area contributed by atoms with Gasteiger partial charge in [0.05, 0.1) is 23.9 Å². The van der Waals surface area contributed by atoms with E-state index in [0.29, 0.717) is 12.1 Å². The van der Waals surface area contributed by atoms with E-state index in [-0.39, 0.29) is 12.0 Å². The number of amides is 1. The van der Waals surface area contributed by atoms with E-state index in [1.54, 1.807) is 0 Å². The van der Waals surface area contributed by atoms with Crippen molar-refractivity contribution in [2.75, 3.05) is 17.7 Å². The molecule has 1 atom stereocenters. The maximum absolute atomic E-state index is 12.0. The maximum Gasteiger partial charge on any atom is 0.227 e. The molecule has 0 aromatic heterocycles. The third kappa shape index (κ3) is 3.47. The van der Waals surface area contributed by atoms with Crippen LogP contribution in [0.25, 0.3) is 0 Å². The first-order chi connectivity index (χ1) is 9.08. The monoisotopic (exact) mass is 262 g/mol. The minimum atomic E-state index is -0.0210. The SMILES string of the molecule is Cc1ccc(N)c(NC(=O)CC2CCCCO2)c1C. The lowest BCUT2D eigenvalue weighted by Gasteiger charge is -2.22. The van der Waals surface area contributed by atoms with Crippen molar-refractivity contribution >= 4 is 17.3 Å². The second kappa shape index (κ2) is 6.06. The molecular formula is C15H22N2O2. The van der Waals surface area contributed by atoms with Crippen LogP contribution in [0, 0.1) is 13.8 Å². The average molecular weight is 262 g/mol. The van der Waals surface area contributed by atoms with Crippen molar-refractivity contribution < 1.29 is 9.53 Å². The molecule has 1 saturated heterocycles. The Morgan fingerprint density at radius 1 is 1.42 bits per heavy atom. The van der Waals surface area contributed by atoms with Crippen LogP contribution in [0.5, 0.6) is 0 Å². The molecule has 2 rings (SSSR count). The molecule has 1 aromatic rings. The molecule has 104 valence electrons. The molecule has 0 aliphatic carbocycles. The summed E-state index contributed by atoms with van der Waals surface area (Å²) in [5, 5.41) is 2.92. The Kier molecular flexibility index (Phi) is 4.43. The largest absolute Gasteiger partial charge is 0.397 e. The van der Waals surface area contributed by atoms with Crippen molar-refractivity contribution in [3.63, 3.8) is 0 Å². The van der Waals surface area contributed by atoms with Gasteiger partial charge in [-0.15, -0.1) is 0 Å². The second-order valence-corrected chi connectivity index (χ2v) is 5.21. The zero-order chi connectivity index (χ0) is 13.8. The summed E-state index contributed by atoms with van der Waals surface area (Å²) in [6.45, 7) is 4.75. The van der Waals surface area contributed by atoms with Crippen molar-refractivity contribution in [1.29, 1.82) is 0 Å². The lowest BCUT2D eigenvalue weighted by Crippen LogP contribution is -2.26. The fourth-order valence-electron chi connectivity index (χ4n) is 2.37. The van der Waals surface area contributed by atoms with Crippen LogP contribution in [0.15, 0.2) is 12.1 Å². The number of carbonyl (C=O) groups excluding carboxylic acids is 1. The topological polar surface area (TPSA) is 64.3 Å². The van der Waals surface area contributed by atoms with Gasteiger partial charge in [-0.3, -0.25) is 4.79 Å². The Morgan fingerprint density at radius 2 is 2.21 bits per heavy atom. The van der Waals surface area contributed by atoms with Crippen molar-refractivity contribution in [2.24, 2.45) is 0 Å². The number of hydrogen-bond donors (Lipinski definition) is 2. The number of anilines is 2. The first-order valence-corrected chi connectivity index (χ1v) is 6.85. The summed E-state index contributed by atoms with van der Waals surface area (Å²) in [6, 6.07) is 3.79. The number of carbonyl (C=O) groups is 1. The molecule has 1 heterocycles. The van der Waals surface area contributed by atoms with Gasteiger partial charge in [-0.05, 0) is 50.3 Å². The van der Waals surface area contributed by atoms with Gasteiger partial charge in [-0.25, -0.2) is 0 Å². The fraction of sp³-hybridized carbons (Fsp3) is 0.533. The van der Waals surface area contributed by atoms with E-state index in [9.17, 15) is 4.79 Å². The minimum Gasteiger partial charge on any atom is -0.397 e. The van der Waals surface area contributed by atoms with Gasteiger partial charge in [0, 0.05) is 6.61 Å². The van der Waals surface area contributed by atoms with Crippen LogP contribution in [0.1, 0.15) is 36.8 Å². The van der Waals surface area contributed by atoms with E-state index in [4.69, 9.17) is 10.5 Å². The molecule has 3 N–H and O–H groups in total. The first kappa shape index (κ1) is 13.9. The van der Waals surface area contributed by atoms with Gasteiger partial charge >= 0.3 is 0 Å². The van der Waals surface area contributed by atoms with Crippen LogP contribution in [-0.4, -0.2) is 18.6 Å². The number of ether oxygens (including phenoxy) is 1. The van der Waals surface area contributed by atoms with E-state index >= 15 is 0 Å². The van der Waals surface area contributed by atoms with E-state index in [0.717, 1.165) is 42.7 Å². The average Bonchev–Trinajstić information content (AvgIpc) is 2.40. The van der Waals surface area contributed by atoms with Gasteiger partial charge in [-0.1, -0.05) is 6.07 Å². The summed E-state index contributed by atoms with van der Waals surface area (Å²) >= 11 is 0. The molecule has 1 amide bonds. The highest BCUT2D eigenvalue weighted by molar-refractivity contribution is 5.95. The number of rotatable bonds is 3. The van der Waals surface area contributed by atoms with Crippen molar-refractivity contribution in [3.05, 3.63) is 23.3 Å². The molecule has 0 radical (unpaired) electrons. The standard InChI is InChI=1S/C15H22N2O2/c1-10-6-7-13(16)15(11(10)2)17-14(18)9-12-5-3-4-8-19-12/h6-7,12H,3-5,8-9,16H2,1-2H3,(H,17,18). The fourth-order valence-corrected chi connectivity index (χ4v) is 2.37. The van der Waals surface area contributed by atoms with Crippen LogP contribution >= 0.6 is 0 Å². The maximum atomic E-state index is 12.0. The highest BCUT2D eigenvalue weighted by atomic mass is 16.5. The smallest absolute Gasteiger partial charge is 0.227 e. The van der Waals surface area contributed by atoms with E-state index < -0.39 is 0 Å². The lowest BCUT2D eigenvalue weighted by molar-refractivity contribution is -0.119. The van der Waals surface area contributed by atoms with Crippen LogP contribution in [0.4, 0.5) is 11.4 Å². The zero-order valence-corrected chi connectivity index (χ0v) is 11.7. The second-order valence-electron chi connectivity index (χ2n) is 5.21. The Labute approximate surface area is 114 Å². The molecule has 1 aliphatic heterocycles. The Hall–Kier alpha value is -1.55. The van der Waals surface area contributed by atoms with Gasteiger partial charge in [0.15, 0.2) is 0 Å². The van der Waals surface area contributed by atoms with Gasteiger partial charge < -0.3 is 15.8 Å². The van der Waals surface area contributed by atoms with Gasteiger partial charge in [-0.2, -0.15) is 0 Å². The normalized spacial score (nSPS) is 19.2. The number of hydrogen-bond acceptors (Lipinski definition) is 3. The Balaban J connectivity index is 2.00. The van der Waals surface area contributed by atoms with E-state index in [1.165, 1.54) is 0 Å². The van der Waals surface area contributed by atoms with Crippen LogP contribution in [0.3, 0.4) is 0 Å². The molecule has 19 heavy (non-hydrogen) atoms. The number of aryl methyl sites for hydroxylation is 1. The van der Waals surface area contributed by atoms with Crippen molar-refractivity contribution in [1.82, 2.24) is 0 Å². The van der Waals surface area contributed by atoms with Crippen molar-refractivity contribution in [3.8, 4) is 0 Å². The third-order valence-corrected chi connectivity index (χ3v) is 3.72. The molecule has 4 heteroatoms. The summed E-state index contributed by atoms with van der Waals surface area (Å²) in [5.41, 5.74) is 9.42. The Morgan fingerprint density at radius 3 is 2.89 bits per heavy atom. The van der Waals surface area contributed by atoms with Gasteiger partial charge in [0.25, 0.3) is 0 Å². The molecule has 4 nitrogen and oxygen atoms in total. The van der Waals surface area contributed by atoms with Crippen LogP contribution < -0.4 is 11.1 Å². The summed E-state index contributed by atoms with van der Waals surface area (Å²) in [7, 11) is 0. The quantitative estimate of drug-likeness (QED) is 0.823. The Bertz CT molecular complexity index is 465. The highest BCUT2D eigenvalue weighted by Gasteiger charge is 2.18. The zero-order valence-electron chi connectivity index (χ0n) is 11.7. The molecule has 1 aliphatic rings. The number of nitrogen functional groups attached to an aromatic ring is 1. The molecular weight excluding hydrogens is 240 g/mol. The number of benzene rings is 1. The first-order valence-electron chi connectivity index (χ1n) is 6.85. The van der Waals surface area contributed by atoms with Crippen LogP contribution in [-0.2, 0) is 9.53 Å². The molecule has 1 aromatic carbocycles. The summed E-state index contributed by atoms with van der Waals surface area (Å²) < 4.78 is 5.58. The summed E-state index contributed by atoms with van der Waals surface area (Å²) in [4.78, 5) is 12.0. The van der Waals surface area contributed by atoms with E-state index in [2.05, 4.69) is 5.32 Å². The summed E-state index contributed by atoms with van der Waals surface area (Å²) in [5.74, 6) is -0.0210. The molecule has 0 saturated carbocycles. The highest BCUT2D eigenvalue weighted by Crippen LogP contribution is 2.26. The number of nitrogens with two attached hydrogens (primary N) is 1. The minimum absolute atomic E-state index is 0.0210. The van der Waals surface area contributed by atoms with Gasteiger partial charge in [0.2, 0.25) is 5.91 Å². The van der Waals surface area contributed by atoms with Crippen molar-refractivity contribution in [2.45, 2.75) is 45.6 Å². The van der Waals surface area contributed by atoms with Crippen LogP contribution in [0.2, 0.25) is 0 Å². The molecule has 0 bridgehead atoms. The predicted octanol–water partition coefficient (Wildman–Crippen LogP) is 2.78. The molecule has 0 spiro atoms. The van der Waals surface area contributed by atoms with E-state index in [1.807, 2.05) is 26.0 Å². The third-order valence-electron chi connectivity index (χ3n) is 3.72. The summed E-state index contributed by atoms with van der Waals surface area (Å²) in [6.07, 6.45) is 3.67.